The summed E-state index contributed by atoms with van der Waals surface area (Å²) in [4.78, 5) is 16.6. The molecule has 148 valence electrons. The van der Waals surface area contributed by atoms with Crippen LogP contribution in [0.4, 0.5) is 5.69 Å². The number of amides is 1. The predicted molar refractivity (Wildman–Crippen MR) is 111 cm³/mol. The standard InChI is InChI=1S/C20H19N5O3S/c1-13-7-16-11-22-24-20(16)18(8-13)29(27,28)25(2)12-19(26)23-17-4-3-15-10-21-6-5-14(15)9-17/h3-11H,12H2,1-2H3,(H,22,24)(H,23,26). The van der Waals surface area contributed by atoms with E-state index in [0.717, 1.165) is 20.6 Å². The third-order valence-corrected chi connectivity index (χ3v) is 6.46. The summed E-state index contributed by atoms with van der Waals surface area (Å²) in [6, 6.07) is 10.7. The first kappa shape index (κ1) is 19.0. The van der Waals surface area contributed by atoms with Crippen LogP contribution in [-0.2, 0) is 14.8 Å². The van der Waals surface area contributed by atoms with Crippen LogP contribution in [0.25, 0.3) is 21.7 Å². The van der Waals surface area contributed by atoms with E-state index in [4.69, 9.17) is 0 Å². The van der Waals surface area contributed by atoms with Gasteiger partial charge in [-0.2, -0.15) is 9.40 Å². The number of carbonyl (C=O) groups is 1. The van der Waals surface area contributed by atoms with Gasteiger partial charge in [-0.05, 0) is 48.2 Å². The summed E-state index contributed by atoms with van der Waals surface area (Å²) < 4.78 is 27.1. The second-order valence-corrected chi connectivity index (χ2v) is 8.86. The number of aromatic amines is 1. The van der Waals surface area contributed by atoms with E-state index in [1.54, 1.807) is 30.7 Å². The minimum atomic E-state index is -3.89. The summed E-state index contributed by atoms with van der Waals surface area (Å²) in [5.74, 6) is -0.432. The summed E-state index contributed by atoms with van der Waals surface area (Å²) in [5.41, 5.74) is 1.80. The van der Waals surface area contributed by atoms with Crippen molar-refractivity contribution in [1.29, 1.82) is 0 Å². The van der Waals surface area contributed by atoms with Gasteiger partial charge >= 0.3 is 0 Å². The number of anilines is 1. The molecule has 0 aliphatic carbocycles. The lowest BCUT2D eigenvalue weighted by Crippen LogP contribution is -2.35. The molecule has 4 aromatic rings. The maximum absolute atomic E-state index is 13.1. The van der Waals surface area contributed by atoms with E-state index in [2.05, 4.69) is 20.5 Å². The topological polar surface area (TPSA) is 108 Å². The molecule has 29 heavy (non-hydrogen) atoms. The number of pyridine rings is 1. The number of hydrogen-bond donors (Lipinski definition) is 2. The van der Waals surface area contributed by atoms with Gasteiger partial charge in [0, 0.05) is 35.9 Å². The van der Waals surface area contributed by atoms with Crippen molar-refractivity contribution in [2.24, 2.45) is 0 Å². The van der Waals surface area contributed by atoms with Crippen molar-refractivity contribution in [3.63, 3.8) is 0 Å². The first-order valence-electron chi connectivity index (χ1n) is 8.88. The number of H-pyrrole nitrogens is 1. The Bertz CT molecular complexity index is 1330. The van der Waals surface area contributed by atoms with Gasteiger partial charge in [0.2, 0.25) is 15.9 Å². The van der Waals surface area contributed by atoms with E-state index in [1.165, 1.54) is 7.05 Å². The maximum atomic E-state index is 13.1. The average Bonchev–Trinajstić information content (AvgIpc) is 3.15. The van der Waals surface area contributed by atoms with Gasteiger partial charge in [-0.1, -0.05) is 6.07 Å². The van der Waals surface area contributed by atoms with Crippen molar-refractivity contribution < 1.29 is 13.2 Å². The Kier molecular flexibility index (Phi) is 4.77. The Balaban J connectivity index is 1.54. The van der Waals surface area contributed by atoms with Crippen LogP contribution < -0.4 is 5.32 Å². The average molecular weight is 409 g/mol. The number of benzene rings is 2. The fraction of sp³-hybridized carbons (Fsp3) is 0.150. The maximum Gasteiger partial charge on any atom is 0.245 e. The SMILES string of the molecule is Cc1cc(S(=O)(=O)N(C)CC(=O)Nc2ccc3cnccc3c2)c2[nH]ncc2c1. The van der Waals surface area contributed by atoms with Crippen LogP contribution >= 0.6 is 0 Å². The molecule has 0 aliphatic rings. The van der Waals surface area contributed by atoms with Crippen molar-refractivity contribution in [3.8, 4) is 0 Å². The molecular formula is C20H19N5O3S. The van der Waals surface area contributed by atoms with Gasteiger partial charge in [-0.15, -0.1) is 0 Å². The highest BCUT2D eigenvalue weighted by Crippen LogP contribution is 2.25. The van der Waals surface area contributed by atoms with Gasteiger partial charge in [-0.25, -0.2) is 8.42 Å². The van der Waals surface area contributed by atoms with Crippen LogP contribution in [0.3, 0.4) is 0 Å². The Labute approximate surface area is 167 Å². The monoisotopic (exact) mass is 409 g/mol. The second-order valence-electron chi connectivity index (χ2n) is 6.84. The number of sulfonamides is 1. The van der Waals surface area contributed by atoms with E-state index in [9.17, 15) is 13.2 Å². The third kappa shape index (κ3) is 3.69. The summed E-state index contributed by atoms with van der Waals surface area (Å²) in [5, 5.41) is 12.0. The van der Waals surface area contributed by atoms with E-state index in [-0.39, 0.29) is 11.4 Å². The highest BCUT2D eigenvalue weighted by Gasteiger charge is 2.26. The molecule has 0 spiro atoms. The summed E-state index contributed by atoms with van der Waals surface area (Å²) in [6.07, 6.45) is 4.98. The zero-order chi connectivity index (χ0) is 20.6. The molecule has 0 aliphatic heterocycles. The van der Waals surface area contributed by atoms with Crippen molar-refractivity contribution in [2.75, 3.05) is 18.9 Å². The zero-order valence-electron chi connectivity index (χ0n) is 15.9. The van der Waals surface area contributed by atoms with Crippen LogP contribution in [0.1, 0.15) is 5.56 Å². The molecule has 1 amide bonds. The van der Waals surface area contributed by atoms with Crippen LogP contribution in [0, 0.1) is 6.92 Å². The Morgan fingerprint density at radius 3 is 2.76 bits per heavy atom. The molecule has 0 radical (unpaired) electrons. The van der Waals surface area contributed by atoms with E-state index in [0.29, 0.717) is 16.6 Å². The van der Waals surface area contributed by atoms with Crippen molar-refractivity contribution in [3.05, 3.63) is 60.6 Å². The number of hydrogen-bond acceptors (Lipinski definition) is 5. The van der Waals surface area contributed by atoms with Crippen molar-refractivity contribution >= 4 is 43.3 Å². The third-order valence-electron chi connectivity index (χ3n) is 4.64. The predicted octanol–water partition coefficient (Wildman–Crippen LogP) is 2.68. The van der Waals surface area contributed by atoms with Gasteiger partial charge < -0.3 is 5.32 Å². The van der Waals surface area contributed by atoms with Gasteiger partial charge in [0.25, 0.3) is 0 Å². The molecule has 2 aromatic heterocycles. The number of fused-ring (bicyclic) bond motifs is 2. The number of aromatic nitrogens is 3. The van der Waals surface area contributed by atoms with Crippen LogP contribution in [-0.4, -0.2) is 47.4 Å². The Morgan fingerprint density at radius 1 is 1.10 bits per heavy atom. The quantitative estimate of drug-likeness (QED) is 0.527. The highest BCUT2D eigenvalue weighted by molar-refractivity contribution is 7.89. The van der Waals surface area contributed by atoms with Gasteiger partial charge in [0.1, 0.15) is 4.90 Å². The fourth-order valence-electron chi connectivity index (χ4n) is 3.19. The molecule has 0 bridgehead atoms. The van der Waals surface area contributed by atoms with E-state index < -0.39 is 15.9 Å². The lowest BCUT2D eigenvalue weighted by atomic mass is 10.1. The molecule has 0 fully saturated rings. The second kappa shape index (κ2) is 7.26. The minimum absolute atomic E-state index is 0.0958. The minimum Gasteiger partial charge on any atom is -0.325 e. The number of nitrogens with one attached hydrogen (secondary N) is 2. The number of rotatable bonds is 5. The van der Waals surface area contributed by atoms with E-state index in [1.807, 2.05) is 31.2 Å². The molecular weight excluding hydrogens is 390 g/mol. The van der Waals surface area contributed by atoms with Crippen LogP contribution in [0.2, 0.25) is 0 Å². The lowest BCUT2D eigenvalue weighted by Gasteiger charge is -2.18. The first-order chi connectivity index (χ1) is 13.8. The fourth-order valence-corrected chi connectivity index (χ4v) is 4.57. The number of aryl methyl sites for hydroxylation is 1. The van der Waals surface area contributed by atoms with E-state index >= 15 is 0 Å². The molecule has 9 heteroatoms. The Morgan fingerprint density at radius 2 is 1.93 bits per heavy atom. The van der Waals surface area contributed by atoms with Gasteiger partial charge in [0.05, 0.1) is 18.3 Å². The first-order valence-corrected chi connectivity index (χ1v) is 10.3. The number of carbonyl (C=O) groups excluding carboxylic acids is 1. The van der Waals surface area contributed by atoms with Gasteiger partial charge in [-0.3, -0.25) is 14.9 Å². The Hall–Kier alpha value is -3.30. The van der Waals surface area contributed by atoms with Crippen LogP contribution in [0.15, 0.2) is 59.9 Å². The smallest absolute Gasteiger partial charge is 0.245 e. The summed E-state index contributed by atoms with van der Waals surface area (Å²) in [7, 11) is -2.51. The lowest BCUT2D eigenvalue weighted by molar-refractivity contribution is -0.116. The molecule has 0 unspecified atom stereocenters. The largest absolute Gasteiger partial charge is 0.325 e. The number of likely N-dealkylation sites (N-methyl/N-ethyl adjacent to an activating group) is 1. The molecule has 0 saturated carbocycles. The van der Waals surface area contributed by atoms with Crippen LogP contribution in [0.5, 0.6) is 0 Å². The molecule has 2 aromatic carbocycles. The molecule has 0 saturated heterocycles. The molecule has 0 atom stereocenters. The highest BCUT2D eigenvalue weighted by atomic mass is 32.2. The number of nitrogens with zero attached hydrogens (tertiary/aromatic N) is 3. The molecule has 2 N–H and O–H groups in total. The molecule has 4 rings (SSSR count). The van der Waals surface area contributed by atoms with Crippen molar-refractivity contribution in [1.82, 2.24) is 19.5 Å². The summed E-state index contributed by atoms with van der Waals surface area (Å²) in [6.45, 7) is 1.49. The zero-order valence-corrected chi connectivity index (χ0v) is 16.7. The molecule has 2 heterocycles. The molecule has 8 nitrogen and oxygen atoms in total. The normalized spacial score (nSPS) is 12.0. The van der Waals surface area contributed by atoms with Crippen molar-refractivity contribution in [2.45, 2.75) is 11.8 Å². The van der Waals surface area contributed by atoms with Gasteiger partial charge in [0.15, 0.2) is 0 Å². The summed E-state index contributed by atoms with van der Waals surface area (Å²) >= 11 is 0.